The van der Waals surface area contributed by atoms with Crippen molar-refractivity contribution in [2.75, 3.05) is 7.05 Å². The summed E-state index contributed by atoms with van der Waals surface area (Å²) >= 11 is 0. The van der Waals surface area contributed by atoms with Gasteiger partial charge in [0.2, 0.25) is 11.8 Å². The summed E-state index contributed by atoms with van der Waals surface area (Å²) in [7, 11) is 1.53. The van der Waals surface area contributed by atoms with Crippen LogP contribution in [-0.4, -0.2) is 18.9 Å². The highest BCUT2D eigenvalue weighted by molar-refractivity contribution is 5.96. The molecule has 0 aromatic rings. The molecule has 0 bridgehead atoms. The Morgan fingerprint density at radius 1 is 1.36 bits per heavy atom. The number of hydrogen-bond acceptors (Lipinski definition) is 2. The number of allylic oxidation sites excluding steroid dienone is 2. The van der Waals surface area contributed by atoms with E-state index >= 15 is 0 Å². The van der Waals surface area contributed by atoms with Crippen LogP contribution >= 0.6 is 0 Å². The van der Waals surface area contributed by atoms with Gasteiger partial charge in [-0.25, -0.2) is 0 Å². The van der Waals surface area contributed by atoms with Crippen LogP contribution in [0.2, 0.25) is 0 Å². The van der Waals surface area contributed by atoms with Crippen molar-refractivity contribution in [3.05, 3.63) is 36.0 Å². The molecule has 14 heavy (non-hydrogen) atoms. The van der Waals surface area contributed by atoms with Crippen molar-refractivity contribution in [1.82, 2.24) is 5.32 Å². The highest BCUT2D eigenvalue weighted by Gasteiger charge is 2.00. The average Bonchev–Trinajstić information content (AvgIpc) is 2.16. The van der Waals surface area contributed by atoms with Gasteiger partial charge in [0.05, 0.1) is 0 Å². The van der Waals surface area contributed by atoms with Crippen molar-refractivity contribution in [2.45, 2.75) is 6.92 Å². The molecule has 2 amide bonds. The van der Waals surface area contributed by atoms with Crippen molar-refractivity contribution in [1.29, 1.82) is 0 Å². The fourth-order valence-corrected chi connectivity index (χ4v) is 0.738. The van der Waals surface area contributed by atoms with Gasteiger partial charge in [-0.1, -0.05) is 18.7 Å². The smallest absolute Gasteiger partial charge is 0.248 e. The monoisotopic (exact) mass is 194 g/mol. The maximum Gasteiger partial charge on any atom is 0.248 e. The fraction of sp³-hybridized carbons (Fsp3) is 0.200. The molecule has 0 saturated heterocycles. The molecule has 0 spiro atoms. The quantitative estimate of drug-likeness (QED) is 0.498. The molecule has 0 unspecified atom stereocenters. The zero-order valence-corrected chi connectivity index (χ0v) is 8.33. The predicted octanol–water partition coefficient (Wildman–Crippen LogP) is 0.276. The van der Waals surface area contributed by atoms with E-state index in [0.717, 1.165) is 0 Å². The molecule has 0 aliphatic heterocycles. The van der Waals surface area contributed by atoms with Crippen molar-refractivity contribution in [3.8, 4) is 0 Å². The van der Waals surface area contributed by atoms with Crippen molar-refractivity contribution in [3.63, 3.8) is 0 Å². The van der Waals surface area contributed by atoms with E-state index in [2.05, 4.69) is 11.9 Å². The molecule has 0 radical (unpaired) electrons. The molecule has 0 saturated carbocycles. The fourth-order valence-electron chi connectivity index (χ4n) is 0.738. The van der Waals surface area contributed by atoms with Crippen LogP contribution in [0.25, 0.3) is 0 Å². The lowest BCUT2D eigenvalue weighted by atomic mass is 10.2. The van der Waals surface area contributed by atoms with Gasteiger partial charge in [0, 0.05) is 18.2 Å². The molecule has 0 aromatic carbocycles. The highest BCUT2D eigenvalue weighted by atomic mass is 16.2. The molecule has 0 aromatic heterocycles. The Morgan fingerprint density at radius 3 is 2.29 bits per heavy atom. The minimum Gasteiger partial charge on any atom is -0.366 e. The number of carbonyl (C=O) groups is 2. The average molecular weight is 194 g/mol. The van der Waals surface area contributed by atoms with Gasteiger partial charge in [0.25, 0.3) is 0 Å². The number of nitrogens with two attached hydrogens (primary N) is 1. The van der Waals surface area contributed by atoms with Crippen LogP contribution in [0.3, 0.4) is 0 Å². The lowest BCUT2D eigenvalue weighted by Gasteiger charge is -1.97. The molecular formula is C10H14N2O2. The Hall–Kier alpha value is -1.84. The van der Waals surface area contributed by atoms with Gasteiger partial charge in [-0.2, -0.15) is 0 Å². The zero-order valence-electron chi connectivity index (χ0n) is 8.33. The number of nitrogens with one attached hydrogen (secondary N) is 1. The van der Waals surface area contributed by atoms with Crippen LogP contribution in [0.1, 0.15) is 6.92 Å². The number of hydrogen-bond donors (Lipinski definition) is 2. The SMILES string of the molecule is C=C/C(=C\C=C(/C)C(=O)NC)C(N)=O. The number of primary amides is 1. The van der Waals surface area contributed by atoms with E-state index in [9.17, 15) is 9.59 Å². The lowest BCUT2D eigenvalue weighted by molar-refractivity contribution is -0.117. The molecule has 4 heteroatoms. The normalized spacial score (nSPS) is 12.1. The van der Waals surface area contributed by atoms with E-state index in [1.807, 2.05) is 0 Å². The van der Waals surface area contributed by atoms with Crippen LogP contribution in [0.15, 0.2) is 36.0 Å². The summed E-state index contributed by atoms with van der Waals surface area (Å²) in [4.78, 5) is 21.8. The molecule has 76 valence electrons. The van der Waals surface area contributed by atoms with Crippen LogP contribution < -0.4 is 11.1 Å². The van der Waals surface area contributed by atoms with E-state index < -0.39 is 5.91 Å². The molecule has 0 atom stereocenters. The van der Waals surface area contributed by atoms with E-state index in [1.165, 1.54) is 25.3 Å². The predicted molar refractivity (Wildman–Crippen MR) is 55.3 cm³/mol. The molecular weight excluding hydrogens is 180 g/mol. The van der Waals surface area contributed by atoms with Crippen LogP contribution in [0.5, 0.6) is 0 Å². The molecule has 3 N–H and O–H groups in total. The summed E-state index contributed by atoms with van der Waals surface area (Å²) in [6.45, 7) is 5.06. The minimum atomic E-state index is -0.569. The Balaban J connectivity index is 4.74. The van der Waals surface area contributed by atoms with Gasteiger partial charge in [-0.05, 0) is 13.0 Å². The second-order valence-corrected chi connectivity index (χ2v) is 2.62. The Bertz CT molecular complexity index is 314. The Morgan fingerprint density at radius 2 is 1.93 bits per heavy atom. The van der Waals surface area contributed by atoms with Gasteiger partial charge in [0.15, 0.2) is 0 Å². The second-order valence-electron chi connectivity index (χ2n) is 2.62. The number of rotatable bonds is 4. The van der Waals surface area contributed by atoms with Gasteiger partial charge in [-0.15, -0.1) is 0 Å². The molecule has 0 heterocycles. The van der Waals surface area contributed by atoms with Crippen LogP contribution in [-0.2, 0) is 9.59 Å². The molecule has 0 aliphatic rings. The largest absolute Gasteiger partial charge is 0.366 e. The summed E-state index contributed by atoms with van der Waals surface area (Å²) < 4.78 is 0. The topological polar surface area (TPSA) is 72.2 Å². The molecule has 4 nitrogen and oxygen atoms in total. The van der Waals surface area contributed by atoms with Gasteiger partial charge in [0.1, 0.15) is 0 Å². The highest BCUT2D eigenvalue weighted by Crippen LogP contribution is 1.98. The maximum atomic E-state index is 11.0. The van der Waals surface area contributed by atoms with E-state index in [4.69, 9.17) is 5.73 Å². The first kappa shape index (κ1) is 12.2. The van der Waals surface area contributed by atoms with Crippen LogP contribution in [0, 0.1) is 0 Å². The summed E-state index contributed by atoms with van der Waals surface area (Å²) in [5, 5.41) is 2.46. The minimum absolute atomic E-state index is 0.200. The number of carbonyl (C=O) groups excluding carboxylic acids is 2. The second kappa shape index (κ2) is 5.75. The molecule has 0 fully saturated rings. The third-order valence-electron chi connectivity index (χ3n) is 1.60. The third kappa shape index (κ3) is 3.71. The van der Waals surface area contributed by atoms with Gasteiger partial charge in [-0.3, -0.25) is 9.59 Å². The maximum absolute atomic E-state index is 11.0. The summed E-state index contributed by atoms with van der Waals surface area (Å²) in [5.41, 5.74) is 5.80. The molecule has 0 aliphatic carbocycles. The van der Waals surface area contributed by atoms with E-state index in [-0.39, 0.29) is 11.5 Å². The van der Waals surface area contributed by atoms with E-state index in [0.29, 0.717) is 5.57 Å². The summed E-state index contributed by atoms with van der Waals surface area (Å²) in [6, 6.07) is 0. The summed E-state index contributed by atoms with van der Waals surface area (Å²) in [6.07, 6.45) is 4.32. The standard InChI is InChI=1S/C10H14N2O2/c1-4-8(9(11)13)6-5-7(2)10(14)12-3/h4-6H,1H2,2-3H3,(H2,11,13)(H,12,14)/b7-5+,8-6+. The van der Waals surface area contributed by atoms with Crippen molar-refractivity contribution >= 4 is 11.8 Å². The van der Waals surface area contributed by atoms with E-state index in [1.54, 1.807) is 6.92 Å². The van der Waals surface area contributed by atoms with Gasteiger partial charge < -0.3 is 11.1 Å². The zero-order chi connectivity index (χ0) is 11.1. The first-order valence-corrected chi connectivity index (χ1v) is 4.05. The summed E-state index contributed by atoms with van der Waals surface area (Å²) in [5.74, 6) is -0.768. The van der Waals surface area contributed by atoms with Crippen molar-refractivity contribution < 1.29 is 9.59 Å². The first-order valence-electron chi connectivity index (χ1n) is 4.05. The Kier molecular flexibility index (Phi) is 4.99. The number of amides is 2. The van der Waals surface area contributed by atoms with Crippen molar-refractivity contribution in [2.24, 2.45) is 5.73 Å². The number of likely N-dealkylation sites (N-methyl/N-ethyl adjacent to an activating group) is 1. The molecule has 0 rings (SSSR count). The third-order valence-corrected chi connectivity index (χ3v) is 1.60. The van der Waals surface area contributed by atoms with Crippen LogP contribution in [0.4, 0.5) is 0 Å². The first-order chi connectivity index (χ1) is 6.52. The Labute approximate surface area is 83.2 Å². The lowest BCUT2D eigenvalue weighted by Crippen LogP contribution is -2.18. The van der Waals surface area contributed by atoms with Gasteiger partial charge >= 0.3 is 0 Å².